The predicted molar refractivity (Wildman–Crippen MR) is 102 cm³/mol. The van der Waals surface area contributed by atoms with E-state index >= 15 is 0 Å². The minimum atomic E-state index is -0.262. The smallest absolute Gasteiger partial charge is 0.258 e. The number of hydrogen-bond acceptors (Lipinski definition) is 4. The Balaban J connectivity index is 1.64. The van der Waals surface area contributed by atoms with Crippen LogP contribution in [0.3, 0.4) is 0 Å². The van der Waals surface area contributed by atoms with Crippen molar-refractivity contribution in [1.29, 1.82) is 0 Å². The summed E-state index contributed by atoms with van der Waals surface area (Å²) in [4.78, 5) is 17.7. The Bertz CT molecular complexity index is 899. The number of benzene rings is 1. The Morgan fingerprint density at radius 2 is 1.88 bits per heavy atom. The molecule has 2 N–H and O–H groups in total. The molecule has 0 spiro atoms. The third-order valence-corrected chi connectivity index (χ3v) is 5.77. The van der Waals surface area contributed by atoms with E-state index in [1.807, 2.05) is 4.57 Å². The van der Waals surface area contributed by atoms with Gasteiger partial charge in [0.15, 0.2) is 4.77 Å². The Morgan fingerprint density at radius 1 is 1.15 bits per heavy atom. The van der Waals surface area contributed by atoms with Gasteiger partial charge in [-0.05, 0) is 42.8 Å². The Kier molecular flexibility index (Phi) is 4.91. The summed E-state index contributed by atoms with van der Waals surface area (Å²) in [7, 11) is 0. The SMILES string of the molecule is O=c1[nH]c(=S)n(Cc2ccc(F)cc2)c2c1CN(C1CCCCC1)CN2. The number of nitrogens with one attached hydrogen (secondary N) is 2. The van der Waals surface area contributed by atoms with Crippen molar-refractivity contribution in [2.45, 2.75) is 51.2 Å². The maximum Gasteiger partial charge on any atom is 0.258 e. The first-order chi connectivity index (χ1) is 12.6. The second-order valence-electron chi connectivity index (χ2n) is 7.17. The first-order valence-corrected chi connectivity index (χ1v) is 9.61. The van der Waals surface area contributed by atoms with Crippen LogP contribution in [-0.2, 0) is 13.1 Å². The Hall–Kier alpha value is -1.99. The quantitative estimate of drug-likeness (QED) is 0.806. The second-order valence-corrected chi connectivity index (χ2v) is 7.56. The van der Waals surface area contributed by atoms with E-state index < -0.39 is 0 Å². The van der Waals surface area contributed by atoms with Crippen molar-refractivity contribution in [3.63, 3.8) is 0 Å². The predicted octanol–water partition coefficient (Wildman–Crippen LogP) is 3.61. The zero-order valence-corrected chi connectivity index (χ0v) is 15.4. The molecule has 1 aliphatic heterocycles. The molecule has 2 aliphatic rings. The van der Waals surface area contributed by atoms with Gasteiger partial charge in [0.05, 0.1) is 18.8 Å². The van der Waals surface area contributed by atoms with Gasteiger partial charge in [0.1, 0.15) is 11.6 Å². The van der Waals surface area contributed by atoms with E-state index in [-0.39, 0.29) is 11.4 Å². The minimum Gasteiger partial charge on any atom is -0.358 e. The van der Waals surface area contributed by atoms with Crippen LogP contribution in [0.4, 0.5) is 10.2 Å². The van der Waals surface area contributed by atoms with Gasteiger partial charge in [0.25, 0.3) is 5.56 Å². The molecule has 5 nitrogen and oxygen atoms in total. The van der Waals surface area contributed by atoms with Gasteiger partial charge in [0.2, 0.25) is 0 Å². The first-order valence-electron chi connectivity index (χ1n) is 9.20. The fraction of sp³-hybridized carbons (Fsp3) is 0.474. The number of nitrogens with zero attached hydrogens (tertiary/aromatic N) is 2. The molecule has 26 heavy (non-hydrogen) atoms. The van der Waals surface area contributed by atoms with Crippen molar-refractivity contribution in [3.05, 3.63) is 56.3 Å². The first kappa shape index (κ1) is 17.4. The van der Waals surface area contributed by atoms with Crippen LogP contribution >= 0.6 is 12.2 Å². The molecule has 0 bridgehead atoms. The molecule has 2 aromatic rings. The van der Waals surface area contributed by atoms with Crippen molar-refractivity contribution < 1.29 is 4.39 Å². The van der Waals surface area contributed by atoms with Crippen molar-refractivity contribution in [2.24, 2.45) is 0 Å². The molecule has 1 aromatic carbocycles. The third kappa shape index (κ3) is 3.46. The van der Waals surface area contributed by atoms with Gasteiger partial charge in [-0.25, -0.2) is 4.39 Å². The summed E-state index contributed by atoms with van der Waals surface area (Å²) in [6.07, 6.45) is 6.24. The summed E-state index contributed by atoms with van der Waals surface area (Å²) in [5.74, 6) is 0.525. The summed E-state index contributed by atoms with van der Waals surface area (Å²) in [6, 6.07) is 6.90. The van der Waals surface area contributed by atoms with Crippen LogP contribution in [0.5, 0.6) is 0 Å². The molecule has 7 heteroatoms. The van der Waals surface area contributed by atoms with Crippen molar-refractivity contribution in [1.82, 2.24) is 14.5 Å². The minimum absolute atomic E-state index is 0.117. The molecule has 0 radical (unpaired) electrons. The lowest BCUT2D eigenvalue weighted by Crippen LogP contribution is -2.45. The summed E-state index contributed by atoms with van der Waals surface area (Å²) in [6.45, 7) is 1.86. The van der Waals surface area contributed by atoms with Gasteiger partial charge in [-0.15, -0.1) is 0 Å². The van der Waals surface area contributed by atoms with E-state index in [2.05, 4.69) is 15.2 Å². The number of anilines is 1. The van der Waals surface area contributed by atoms with Gasteiger partial charge in [-0.1, -0.05) is 31.4 Å². The summed E-state index contributed by atoms with van der Waals surface area (Å²) in [5, 5.41) is 3.42. The number of aromatic amines is 1. The van der Waals surface area contributed by atoms with Crippen LogP contribution in [0.15, 0.2) is 29.1 Å². The zero-order valence-electron chi connectivity index (χ0n) is 14.6. The molecule has 1 aliphatic carbocycles. The normalized spacial score (nSPS) is 18.3. The van der Waals surface area contributed by atoms with Crippen LogP contribution in [0.2, 0.25) is 0 Å². The fourth-order valence-electron chi connectivity index (χ4n) is 4.02. The second kappa shape index (κ2) is 7.32. The van der Waals surface area contributed by atoms with Crippen LogP contribution in [0.25, 0.3) is 0 Å². The molecular formula is C19H23FN4OS. The molecule has 138 valence electrons. The molecule has 0 saturated heterocycles. The number of halogens is 1. The molecule has 0 atom stereocenters. The molecule has 0 amide bonds. The lowest BCUT2D eigenvalue weighted by molar-refractivity contribution is 0.152. The molecule has 4 rings (SSSR count). The molecule has 1 aromatic heterocycles. The lowest BCUT2D eigenvalue weighted by atomic mass is 9.94. The molecule has 0 unspecified atom stereocenters. The van der Waals surface area contributed by atoms with Gasteiger partial charge in [-0.3, -0.25) is 14.7 Å². The van der Waals surface area contributed by atoms with E-state index in [4.69, 9.17) is 12.2 Å². The fourth-order valence-corrected chi connectivity index (χ4v) is 4.27. The average Bonchev–Trinajstić information content (AvgIpc) is 2.67. The Labute approximate surface area is 156 Å². The van der Waals surface area contributed by atoms with E-state index in [1.54, 1.807) is 12.1 Å². The van der Waals surface area contributed by atoms with Gasteiger partial charge in [-0.2, -0.15) is 0 Å². The standard InChI is InChI=1S/C19H23FN4OS/c20-14-8-6-13(7-9-14)10-24-17-16(18(25)22-19(24)26)11-23(12-21-17)15-4-2-1-3-5-15/h6-9,15,21H,1-5,10-12H2,(H,22,25,26). The third-order valence-electron chi connectivity index (χ3n) is 5.45. The maximum absolute atomic E-state index is 13.2. The average molecular weight is 374 g/mol. The van der Waals surface area contributed by atoms with Crippen molar-refractivity contribution >= 4 is 18.0 Å². The van der Waals surface area contributed by atoms with E-state index in [1.165, 1.54) is 44.2 Å². The molecule has 1 saturated carbocycles. The van der Waals surface area contributed by atoms with Gasteiger partial charge in [0, 0.05) is 12.6 Å². The zero-order chi connectivity index (χ0) is 18.1. The largest absolute Gasteiger partial charge is 0.358 e. The highest BCUT2D eigenvalue weighted by Crippen LogP contribution is 2.28. The van der Waals surface area contributed by atoms with Crippen molar-refractivity contribution in [2.75, 3.05) is 12.0 Å². The van der Waals surface area contributed by atoms with Crippen LogP contribution in [0, 0.1) is 10.6 Å². The topological polar surface area (TPSA) is 53.1 Å². The highest BCUT2D eigenvalue weighted by molar-refractivity contribution is 7.71. The van der Waals surface area contributed by atoms with Gasteiger partial charge < -0.3 is 9.88 Å². The molecular weight excluding hydrogens is 351 g/mol. The number of rotatable bonds is 3. The summed E-state index contributed by atoms with van der Waals surface area (Å²) in [5.41, 5.74) is 1.55. The monoisotopic (exact) mass is 374 g/mol. The van der Waals surface area contributed by atoms with Crippen molar-refractivity contribution in [3.8, 4) is 0 Å². The highest BCUT2D eigenvalue weighted by Gasteiger charge is 2.27. The maximum atomic E-state index is 13.2. The number of H-pyrrole nitrogens is 1. The van der Waals surface area contributed by atoms with Crippen LogP contribution in [-0.4, -0.2) is 27.2 Å². The lowest BCUT2D eigenvalue weighted by Gasteiger charge is -2.38. The Morgan fingerprint density at radius 3 is 2.62 bits per heavy atom. The highest BCUT2D eigenvalue weighted by atomic mass is 32.1. The van der Waals surface area contributed by atoms with Crippen LogP contribution < -0.4 is 10.9 Å². The van der Waals surface area contributed by atoms with Gasteiger partial charge >= 0.3 is 0 Å². The van der Waals surface area contributed by atoms with E-state index in [9.17, 15) is 9.18 Å². The summed E-state index contributed by atoms with van der Waals surface area (Å²) >= 11 is 5.38. The molecule has 2 heterocycles. The molecule has 1 fully saturated rings. The summed E-state index contributed by atoms with van der Waals surface area (Å²) < 4.78 is 15.4. The van der Waals surface area contributed by atoms with Crippen LogP contribution in [0.1, 0.15) is 43.2 Å². The number of fused-ring (bicyclic) bond motifs is 1. The number of hydrogen-bond donors (Lipinski definition) is 2. The number of aromatic nitrogens is 2. The van der Waals surface area contributed by atoms with E-state index in [0.29, 0.717) is 23.9 Å². The van der Waals surface area contributed by atoms with E-state index in [0.717, 1.165) is 23.6 Å².